The van der Waals surface area contributed by atoms with Gasteiger partial charge in [-0.3, -0.25) is 9.59 Å². The zero-order chi connectivity index (χ0) is 17.5. The molecule has 2 saturated heterocycles. The number of nitrogens with one attached hydrogen (secondary N) is 1. The fraction of sp³-hybridized carbons (Fsp3) is 0.895. The first-order valence-corrected chi connectivity index (χ1v) is 9.81. The zero-order valence-electron chi connectivity index (χ0n) is 16.1. The minimum Gasteiger partial charge on any atom is -0.341 e. The Bertz CT molecular complexity index is 423. The Balaban J connectivity index is 0.00000312. The summed E-state index contributed by atoms with van der Waals surface area (Å²) < 4.78 is 0. The first kappa shape index (κ1) is 22.2. The Morgan fingerprint density at radius 1 is 1.20 bits per heavy atom. The minimum atomic E-state index is -0.247. The van der Waals surface area contributed by atoms with E-state index in [0.29, 0.717) is 18.3 Å². The van der Waals surface area contributed by atoms with E-state index in [2.05, 4.69) is 26.1 Å². The molecule has 0 saturated carbocycles. The highest BCUT2D eigenvalue weighted by Crippen LogP contribution is 2.23. The number of rotatable bonds is 7. The van der Waals surface area contributed by atoms with Gasteiger partial charge in [0.15, 0.2) is 0 Å². The van der Waals surface area contributed by atoms with Gasteiger partial charge < -0.3 is 15.1 Å². The summed E-state index contributed by atoms with van der Waals surface area (Å²) in [4.78, 5) is 29.3. The summed E-state index contributed by atoms with van der Waals surface area (Å²) in [6.45, 7) is 10.9. The molecule has 2 fully saturated rings. The second-order valence-electron chi connectivity index (χ2n) is 7.77. The van der Waals surface area contributed by atoms with Crippen LogP contribution < -0.4 is 5.32 Å². The largest absolute Gasteiger partial charge is 0.341 e. The lowest BCUT2D eigenvalue weighted by molar-refractivity contribution is -0.149. The molecule has 0 spiro atoms. The predicted molar refractivity (Wildman–Crippen MR) is 104 cm³/mol. The molecule has 0 bridgehead atoms. The molecule has 1 unspecified atom stereocenters. The molecule has 25 heavy (non-hydrogen) atoms. The molecule has 0 aromatic rings. The van der Waals surface area contributed by atoms with Gasteiger partial charge in [-0.25, -0.2) is 0 Å². The van der Waals surface area contributed by atoms with Crippen LogP contribution in [-0.2, 0) is 9.59 Å². The van der Waals surface area contributed by atoms with E-state index in [1.807, 2.05) is 9.80 Å². The quantitative estimate of drug-likeness (QED) is 0.746. The number of carbonyl (C=O) groups is 2. The zero-order valence-corrected chi connectivity index (χ0v) is 16.9. The average Bonchev–Trinajstić information content (AvgIpc) is 2.58. The van der Waals surface area contributed by atoms with Crippen LogP contribution in [0.4, 0.5) is 0 Å². The van der Waals surface area contributed by atoms with Crippen LogP contribution >= 0.6 is 12.4 Å². The lowest BCUT2D eigenvalue weighted by Crippen LogP contribution is -2.54. The number of nitrogens with zero attached hydrogens (tertiary/aromatic N) is 2. The molecule has 1 N–H and O–H groups in total. The van der Waals surface area contributed by atoms with Crippen molar-refractivity contribution < 1.29 is 9.59 Å². The number of halogens is 1. The van der Waals surface area contributed by atoms with E-state index in [1.165, 1.54) is 0 Å². The van der Waals surface area contributed by atoms with E-state index >= 15 is 0 Å². The number of hydrogen-bond donors (Lipinski definition) is 1. The standard InChI is InChI=1S/C19H35N3O2.ClH/c1-4-20-14-16-8-11-21(12-9-16)19(24)17(13-15(2)3)22-10-6-5-7-18(22)23;/h15-17,20H,4-14H2,1-3H3;1H. The summed E-state index contributed by atoms with van der Waals surface area (Å²) in [6, 6.07) is -0.247. The molecule has 0 aromatic carbocycles. The molecular formula is C19H36ClN3O2. The second-order valence-corrected chi connectivity index (χ2v) is 7.77. The van der Waals surface area contributed by atoms with Crippen LogP contribution in [0.1, 0.15) is 59.3 Å². The lowest BCUT2D eigenvalue weighted by Gasteiger charge is -2.40. The predicted octanol–water partition coefficient (Wildman–Crippen LogP) is 2.68. The third kappa shape index (κ3) is 6.45. The van der Waals surface area contributed by atoms with Crippen LogP contribution in [0.2, 0.25) is 0 Å². The molecule has 146 valence electrons. The van der Waals surface area contributed by atoms with Crippen molar-refractivity contribution in [3.8, 4) is 0 Å². The topological polar surface area (TPSA) is 52.7 Å². The normalized spacial score (nSPS) is 20.6. The highest BCUT2D eigenvalue weighted by molar-refractivity contribution is 5.88. The minimum absolute atomic E-state index is 0. The molecule has 0 aromatic heterocycles. The van der Waals surface area contributed by atoms with Crippen molar-refractivity contribution in [2.75, 3.05) is 32.7 Å². The van der Waals surface area contributed by atoms with Crippen molar-refractivity contribution in [3.63, 3.8) is 0 Å². The summed E-state index contributed by atoms with van der Waals surface area (Å²) in [7, 11) is 0. The van der Waals surface area contributed by atoms with Crippen molar-refractivity contribution in [1.29, 1.82) is 0 Å². The highest BCUT2D eigenvalue weighted by atomic mass is 35.5. The molecule has 2 rings (SSSR count). The molecule has 2 aliphatic rings. The maximum atomic E-state index is 13.1. The highest BCUT2D eigenvalue weighted by Gasteiger charge is 2.35. The average molecular weight is 374 g/mol. The first-order chi connectivity index (χ1) is 11.5. The van der Waals surface area contributed by atoms with Crippen LogP contribution in [0.5, 0.6) is 0 Å². The van der Waals surface area contributed by atoms with Crippen molar-refractivity contribution in [3.05, 3.63) is 0 Å². The number of likely N-dealkylation sites (tertiary alicyclic amines) is 2. The monoisotopic (exact) mass is 373 g/mol. The number of piperidine rings is 2. The fourth-order valence-electron chi connectivity index (χ4n) is 3.88. The van der Waals surface area contributed by atoms with Crippen LogP contribution in [0.3, 0.4) is 0 Å². The third-order valence-corrected chi connectivity index (χ3v) is 5.33. The Morgan fingerprint density at radius 2 is 1.88 bits per heavy atom. The molecule has 5 nitrogen and oxygen atoms in total. The molecule has 0 radical (unpaired) electrons. The van der Waals surface area contributed by atoms with E-state index in [-0.39, 0.29) is 30.3 Å². The molecule has 2 heterocycles. The number of amides is 2. The fourth-order valence-corrected chi connectivity index (χ4v) is 3.88. The van der Waals surface area contributed by atoms with Crippen LogP contribution in [-0.4, -0.2) is 60.4 Å². The van der Waals surface area contributed by atoms with Gasteiger partial charge in [-0.15, -0.1) is 12.4 Å². The summed E-state index contributed by atoms with van der Waals surface area (Å²) >= 11 is 0. The SMILES string of the molecule is CCNCC1CCN(C(=O)C(CC(C)C)N2CCCCC2=O)CC1.Cl. The maximum Gasteiger partial charge on any atom is 0.245 e. The molecular weight excluding hydrogens is 338 g/mol. The first-order valence-electron chi connectivity index (χ1n) is 9.81. The summed E-state index contributed by atoms with van der Waals surface area (Å²) in [5.74, 6) is 1.44. The number of hydrogen-bond acceptors (Lipinski definition) is 3. The van der Waals surface area contributed by atoms with Gasteiger partial charge in [0.2, 0.25) is 11.8 Å². The summed E-state index contributed by atoms with van der Waals surface area (Å²) in [5, 5.41) is 3.41. The van der Waals surface area contributed by atoms with E-state index in [0.717, 1.165) is 64.8 Å². The van der Waals surface area contributed by atoms with Crippen molar-refractivity contribution in [2.24, 2.45) is 11.8 Å². The Hall–Kier alpha value is -0.810. The molecule has 2 amide bonds. The summed E-state index contributed by atoms with van der Waals surface area (Å²) in [5.41, 5.74) is 0. The number of carbonyl (C=O) groups excluding carboxylic acids is 2. The van der Waals surface area contributed by atoms with Crippen molar-refractivity contribution in [2.45, 2.75) is 65.3 Å². The van der Waals surface area contributed by atoms with E-state index in [1.54, 1.807) is 0 Å². The third-order valence-electron chi connectivity index (χ3n) is 5.33. The van der Waals surface area contributed by atoms with Gasteiger partial charge in [0, 0.05) is 26.1 Å². The lowest BCUT2D eigenvalue weighted by atomic mass is 9.94. The van der Waals surface area contributed by atoms with Crippen molar-refractivity contribution in [1.82, 2.24) is 15.1 Å². The van der Waals surface area contributed by atoms with Crippen LogP contribution in [0, 0.1) is 11.8 Å². The van der Waals surface area contributed by atoms with Gasteiger partial charge in [0.1, 0.15) is 6.04 Å². The van der Waals surface area contributed by atoms with Gasteiger partial charge in [0.05, 0.1) is 0 Å². The second kappa shape index (κ2) is 11.0. The van der Waals surface area contributed by atoms with E-state index in [9.17, 15) is 9.59 Å². The summed E-state index contributed by atoms with van der Waals surface area (Å²) in [6.07, 6.45) is 5.52. The molecule has 1 atom stereocenters. The van der Waals surface area contributed by atoms with Gasteiger partial charge in [-0.2, -0.15) is 0 Å². The Kier molecular flexibility index (Phi) is 9.80. The van der Waals surface area contributed by atoms with E-state index in [4.69, 9.17) is 0 Å². The van der Waals surface area contributed by atoms with Crippen molar-refractivity contribution >= 4 is 24.2 Å². The van der Waals surface area contributed by atoms with Gasteiger partial charge in [-0.05, 0) is 57.0 Å². The van der Waals surface area contributed by atoms with E-state index < -0.39 is 0 Å². The van der Waals surface area contributed by atoms with Gasteiger partial charge >= 0.3 is 0 Å². The van der Waals surface area contributed by atoms with Crippen LogP contribution in [0.15, 0.2) is 0 Å². The smallest absolute Gasteiger partial charge is 0.245 e. The molecule has 2 aliphatic heterocycles. The molecule has 6 heteroatoms. The Labute approximate surface area is 159 Å². The molecule has 0 aliphatic carbocycles. The van der Waals surface area contributed by atoms with Gasteiger partial charge in [-0.1, -0.05) is 20.8 Å². The van der Waals surface area contributed by atoms with Gasteiger partial charge in [0.25, 0.3) is 0 Å². The van der Waals surface area contributed by atoms with Crippen LogP contribution in [0.25, 0.3) is 0 Å². The Morgan fingerprint density at radius 3 is 2.44 bits per heavy atom. The maximum absolute atomic E-state index is 13.1.